The summed E-state index contributed by atoms with van der Waals surface area (Å²) in [4.78, 5) is 11.5. The van der Waals surface area contributed by atoms with Crippen molar-refractivity contribution >= 4 is 22.5 Å². The Balaban J connectivity index is 2.33. The Labute approximate surface area is 115 Å². The molecular weight excluding hydrogens is 264 g/mol. The zero-order valence-corrected chi connectivity index (χ0v) is 12.0. The number of amides is 2. The second-order valence-corrected chi connectivity index (χ2v) is 5.86. The third-order valence-electron chi connectivity index (χ3n) is 2.55. The van der Waals surface area contributed by atoms with Crippen molar-refractivity contribution in [3.63, 3.8) is 0 Å². The van der Waals surface area contributed by atoms with Crippen molar-refractivity contribution in [3.05, 3.63) is 29.8 Å². The summed E-state index contributed by atoms with van der Waals surface area (Å²) in [6.07, 6.45) is 1.82. The summed E-state index contributed by atoms with van der Waals surface area (Å²) in [5.74, 6) is 0.587. The van der Waals surface area contributed by atoms with Gasteiger partial charge in [0.25, 0.3) is 0 Å². The Morgan fingerprint density at radius 3 is 2.53 bits per heavy atom. The number of carbonyl (C=O) groups excluding carboxylic acids is 1. The Morgan fingerprint density at radius 2 is 2.00 bits per heavy atom. The molecule has 0 aliphatic rings. The van der Waals surface area contributed by atoms with Crippen LogP contribution in [-0.4, -0.2) is 33.9 Å². The van der Waals surface area contributed by atoms with Crippen molar-refractivity contribution in [2.24, 2.45) is 0 Å². The van der Waals surface area contributed by atoms with E-state index >= 15 is 0 Å². The van der Waals surface area contributed by atoms with Crippen LogP contribution in [0.1, 0.15) is 25.0 Å². The van der Waals surface area contributed by atoms with E-state index in [1.165, 1.54) is 0 Å². The highest BCUT2D eigenvalue weighted by molar-refractivity contribution is 7.84. The van der Waals surface area contributed by atoms with E-state index in [1.54, 1.807) is 37.4 Å². The smallest absolute Gasteiger partial charge is 0.319 e. The zero-order valence-electron chi connectivity index (χ0n) is 11.2. The molecule has 2 unspecified atom stereocenters. The maximum Gasteiger partial charge on any atom is 0.319 e. The number of carbonyl (C=O) groups is 1. The van der Waals surface area contributed by atoms with Gasteiger partial charge in [0, 0.05) is 35.0 Å². The Hall–Kier alpha value is -1.40. The molecule has 0 radical (unpaired) electrons. The highest BCUT2D eigenvalue weighted by atomic mass is 32.2. The topological polar surface area (TPSA) is 78.4 Å². The first kappa shape index (κ1) is 15.7. The average Bonchev–Trinajstić information content (AvgIpc) is 2.35. The van der Waals surface area contributed by atoms with Crippen molar-refractivity contribution in [2.75, 3.05) is 23.9 Å². The number of nitrogens with one attached hydrogen (secondary N) is 2. The second-order valence-electron chi connectivity index (χ2n) is 4.31. The molecule has 0 bridgehead atoms. The van der Waals surface area contributed by atoms with Crippen LogP contribution in [0.4, 0.5) is 10.5 Å². The van der Waals surface area contributed by atoms with Crippen LogP contribution in [0.2, 0.25) is 0 Å². The lowest BCUT2D eigenvalue weighted by Gasteiger charge is -2.09. The zero-order chi connectivity index (χ0) is 14.3. The Bertz CT molecular complexity index is 432. The molecule has 5 nitrogen and oxygen atoms in total. The van der Waals surface area contributed by atoms with Crippen molar-refractivity contribution in [3.8, 4) is 0 Å². The lowest BCUT2D eigenvalue weighted by atomic mass is 10.1. The van der Waals surface area contributed by atoms with Crippen LogP contribution in [-0.2, 0) is 10.8 Å². The third-order valence-corrected chi connectivity index (χ3v) is 3.41. The molecule has 0 spiro atoms. The number of rotatable bonds is 6. The van der Waals surface area contributed by atoms with Gasteiger partial charge in [-0.3, -0.25) is 4.21 Å². The van der Waals surface area contributed by atoms with Gasteiger partial charge in [-0.25, -0.2) is 4.79 Å². The molecule has 0 heterocycles. The second kappa shape index (κ2) is 7.91. The molecule has 1 aromatic rings. The largest absolute Gasteiger partial charge is 0.389 e. The monoisotopic (exact) mass is 284 g/mol. The Morgan fingerprint density at radius 1 is 1.37 bits per heavy atom. The van der Waals surface area contributed by atoms with Crippen LogP contribution in [0.15, 0.2) is 24.3 Å². The molecule has 1 rings (SSSR count). The standard InChI is InChI=1S/C13H20N2O3S/c1-10(16)11-4-6-12(7-5-11)15-13(17)14-8-3-9-19(2)18/h4-7,10,16H,3,8-9H2,1-2H3,(H2,14,15,17). The molecule has 3 N–H and O–H groups in total. The minimum atomic E-state index is -0.821. The maximum absolute atomic E-state index is 11.5. The molecule has 2 atom stereocenters. The predicted octanol–water partition coefficient (Wildman–Crippen LogP) is 1.63. The van der Waals surface area contributed by atoms with Gasteiger partial charge in [0.15, 0.2) is 0 Å². The minimum absolute atomic E-state index is 0.285. The summed E-state index contributed by atoms with van der Waals surface area (Å²) in [5, 5.41) is 14.7. The summed E-state index contributed by atoms with van der Waals surface area (Å²) in [6.45, 7) is 2.18. The van der Waals surface area contributed by atoms with Gasteiger partial charge in [-0.2, -0.15) is 0 Å². The summed E-state index contributed by atoms with van der Waals surface area (Å²) in [5.41, 5.74) is 1.47. The minimum Gasteiger partial charge on any atom is -0.389 e. The van der Waals surface area contributed by atoms with E-state index in [1.807, 2.05) is 0 Å². The molecule has 1 aromatic carbocycles. The van der Waals surface area contributed by atoms with Gasteiger partial charge in [0.05, 0.1) is 6.10 Å². The van der Waals surface area contributed by atoms with Crippen LogP contribution in [0, 0.1) is 0 Å². The van der Waals surface area contributed by atoms with Gasteiger partial charge in [-0.1, -0.05) is 12.1 Å². The van der Waals surface area contributed by atoms with Gasteiger partial charge in [-0.05, 0) is 31.0 Å². The number of hydrogen-bond acceptors (Lipinski definition) is 3. The summed E-state index contributed by atoms with van der Waals surface area (Å²) in [6, 6.07) is 6.72. The highest BCUT2D eigenvalue weighted by Gasteiger charge is 2.03. The first-order chi connectivity index (χ1) is 8.99. The first-order valence-electron chi connectivity index (χ1n) is 6.12. The van der Waals surface area contributed by atoms with Gasteiger partial charge in [0.1, 0.15) is 0 Å². The fourth-order valence-electron chi connectivity index (χ4n) is 1.50. The van der Waals surface area contributed by atoms with E-state index in [-0.39, 0.29) is 6.03 Å². The lowest BCUT2D eigenvalue weighted by Crippen LogP contribution is -2.30. The van der Waals surface area contributed by atoms with Gasteiger partial charge < -0.3 is 15.7 Å². The number of anilines is 1. The highest BCUT2D eigenvalue weighted by Crippen LogP contribution is 2.15. The lowest BCUT2D eigenvalue weighted by molar-refractivity contribution is 0.199. The van der Waals surface area contributed by atoms with Crippen molar-refractivity contribution in [1.82, 2.24) is 5.32 Å². The van der Waals surface area contributed by atoms with Gasteiger partial charge in [0.2, 0.25) is 0 Å². The molecule has 106 valence electrons. The molecule has 0 fully saturated rings. The number of hydrogen-bond donors (Lipinski definition) is 3. The van der Waals surface area contributed by atoms with Gasteiger partial charge >= 0.3 is 6.03 Å². The first-order valence-corrected chi connectivity index (χ1v) is 7.84. The average molecular weight is 284 g/mol. The SMILES string of the molecule is CC(O)c1ccc(NC(=O)NCCCS(C)=O)cc1. The molecule has 0 aliphatic carbocycles. The quantitative estimate of drug-likeness (QED) is 0.695. The van der Waals surface area contributed by atoms with Crippen LogP contribution < -0.4 is 10.6 Å². The van der Waals surface area contributed by atoms with Crippen LogP contribution >= 0.6 is 0 Å². The molecule has 0 aliphatic heterocycles. The third kappa shape index (κ3) is 6.35. The molecule has 19 heavy (non-hydrogen) atoms. The van der Waals surface area contributed by atoms with E-state index in [0.717, 1.165) is 5.56 Å². The number of benzene rings is 1. The van der Waals surface area contributed by atoms with E-state index in [2.05, 4.69) is 10.6 Å². The molecular formula is C13H20N2O3S. The fraction of sp³-hybridized carbons (Fsp3) is 0.462. The van der Waals surface area contributed by atoms with Crippen molar-refractivity contribution < 1.29 is 14.1 Å². The number of aliphatic hydroxyl groups excluding tert-OH is 1. The van der Waals surface area contributed by atoms with Crippen molar-refractivity contribution in [1.29, 1.82) is 0 Å². The van der Waals surface area contributed by atoms with E-state index in [0.29, 0.717) is 24.4 Å². The van der Waals surface area contributed by atoms with Crippen molar-refractivity contribution in [2.45, 2.75) is 19.4 Å². The summed E-state index contributed by atoms with van der Waals surface area (Å²) in [7, 11) is -0.821. The van der Waals surface area contributed by atoms with E-state index in [9.17, 15) is 14.1 Å². The molecule has 0 saturated carbocycles. The maximum atomic E-state index is 11.5. The van der Waals surface area contributed by atoms with E-state index < -0.39 is 16.9 Å². The fourth-order valence-corrected chi connectivity index (χ4v) is 2.05. The predicted molar refractivity (Wildman–Crippen MR) is 77.6 cm³/mol. The summed E-state index contributed by atoms with van der Waals surface area (Å²) < 4.78 is 10.8. The summed E-state index contributed by atoms with van der Waals surface area (Å²) >= 11 is 0. The van der Waals surface area contributed by atoms with Crippen LogP contribution in [0.3, 0.4) is 0 Å². The molecule has 0 aromatic heterocycles. The Kier molecular flexibility index (Phi) is 6.52. The van der Waals surface area contributed by atoms with Crippen LogP contribution in [0.5, 0.6) is 0 Å². The van der Waals surface area contributed by atoms with E-state index in [4.69, 9.17) is 0 Å². The molecule has 2 amide bonds. The van der Waals surface area contributed by atoms with Gasteiger partial charge in [-0.15, -0.1) is 0 Å². The molecule has 0 saturated heterocycles. The number of urea groups is 1. The normalized spacial score (nSPS) is 13.6. The van der Waals surface area contributed by atoms with Crippen LogP contribution in [0.25, 0.3) is 0 Å². The number of aliphatic hydroxyl groups is 1. The molecule has 6 heteroatoms.